The van der Waals surface area contributed by atoms with E-state index in [9.17, 15) is 9.59 Å². The molecule has 0 aliphatic rings. The molecule has 0 atom stereocenters. The van der Waals surface area contributed by atoms with Gasteiger partial charge in [-0.25, -0.2) is 0 Å². The summed E-state index contributed by atoms with van der Waals surface area (Å²) in [4.78, 5) is 23.9. The Labute approximate surface area is 108 Å². The summed E-state index contributed by atoms with van der Waals surface area (Å²) in [7, 11) is 0. The summed E-state index contributed by atoms with van der Waals surface area (Å²) < 4.78 is 0. The maximum Gasteiger partial charge on any atom is 0.265 e. The van der Waals surface area contributed by atoms with Gasteiger partial charge in [0, 0.05) is 11.3 Å². The third-order valence-corrected chi connectivity index (χ3v) is 3.24. The molecule has 0 unspecified atom stereocenters. The number of ketones is 1. The first-order chi connectivity index (χ1) is 8.70. The molecule has 92 valence electrons. The van der Waals surface area contributed by atoms with E-state index in [1.54, 1.807) is 30.3 Å². The van der Waals surface area contributed by atoms with Crippen molar-refractivity contribution in [3.05, 3.63) is 52.2 Å². The Balaban J connectivity index is 2.15. The quantitative estimate of drug-likeness (QED) is 0.827. The molecule has 2 aromatic rings. The lowest BCUT2D eigenvalue weighted by molar-refractivity contribution is 0.0998. The summed E-state index contributed by atoms with van der Waals surface area (Å²) in [6.07, 6.45) is 0. The number of hydrogen-bond acceptors (Lipinski definition) is 4. The van der Waals surface area contributed by atoms with E-state index in [1.807, 2.05) is 11.4 Å². The number of Topliss-reactive ketones (excluding diaryl/α,β-unsaturated/α-hetero) is 1. The Bertz CT molecular complexity index is 564. The van der Waals surface area contributed by atoms with Crippen LogP contribution in [-0.2, 0) is 0 Å². The molecule has 1 aromatic carbocycles. The SMILES string of the molecule is NCC(=O)c1cccc(NC(=O)c2cccs2)c1. The van der Waals surface area contributed by atoms with E-state index in [4.69, 9.17) is 5.73 Å². The first-order valence-corrected chi connectivity index (χ1v) is 6.27. The lowest BCUT2D eigenvalue weighted by atomic mass is 10.1. The third kappa shape index (κ3) is 2.82. The molecule has 0 fully saturated rings. The number of thiophene rings is 1. The van der Waals surface area contributed by atoms with E-state index in [0.29, 0.717) is 16.1 Å². The van der Waals surface area contributed by atoms with Crippen LogP contribution >= 0.6 is 11.3 Å². The van der Waals surface area contributed by atoms with Crippen LogP contribution in [0.25, 0.3) is 0 Å². The van der Waals surface area contributed by atoms with E-state index in [0.717, 1.165) is 0 Å². The molecular weight excluding hydrogens is 248 g/mol. The number of nitrogens with one attached hydrogen (secondary N) is 1. The lowest BCUT2D eigenvalue weighted by Crippen LogP contribution is -2.14. The van der Waals surface area contributed by atoms with Gasteiger partial charge in [-0.05, 0) is 23.6 Å². The van der Waals surface area contributed by atoms with Gasteiger partial charge < -0.3 is 11.1 Å². The second-order valence-corrected chi connectivity index (χ2v) is 4.59. The van der Waals surface area contributed by atoms with Gasteiger partial charge in [-0.3, -0.25) is 9.59 Å². The van der Waals surface area contributed by atoms with Gasteiger partial charge in [0.05, 0.1) is 11.4 Å². The average molecular weight is 260 g/mol. The number of amides is 1. The highest BCUT2D eigenvalue weighted by atomic mass is 32.1. The van der Waals surface area contributed by atoms with Gasteiger partial charge >= 0.3 is 0 Å². The van der Waals surface area contributed by atoms with E-state index >= 15 is 0 Å². The van der Waals surface area contributed by atoms with Gasteiger partial charge in [0.25, 0.3) is 5.91 Å². The standard InChI is InChI=1S/C13H12N2O2S/c14-8-11(16)9-3-1-4-10(7-9)15-13(17)12-5-2-6-18-12/h1-7H,8,14H2,(H,15,17). The van der Waals surface area contributed by atoms with Crippen LogP contribution in [-0.4, -0.2) is 18.2 Å². The minimum absolute atomic E-state index is 0.0394. The first-order valence-electron chi connectivity index (χ1n) is 5.39. The van der Waals surface area contributed by atoms with Gasteiger partial charge in [0.1, 0.15) is 0 Å². The Morgan fingerprint density at radius 1 is 1.22 bits per heavy atom. The van der Waals surface area contributed by atoms with E-state index in [-0.39, 0.29) is 18.2 Å². The van der Waals surface area contributed by atoms with Gasteiger partial charge in [0.15, 0.2) is 5.78 Å². The lowest BCUT2D eigenvalue weighted by Gasteiger charge is -2.05. The van der Waals surface area contributed by atoms with Crippen molar-refractivity contribution in [2.24, 2.45) is 5.73 Å². The topological polar surface area (TPSA) is 72.2 Å². The smallest absolute Gasteiger partial charge is 0.265 e. The zero-order chi connectivity index (χ0) is 13.0. The van der Waals surface area contributed by atoms with Crippen LogP contribution in [0.15, 0.2) is 41.8 Å². The van der Waals surface area contributed by atoms with Gasteiger partial charge in [0.2, 0.25) is 0 Å². The molecule has 4 nitrogen and oxygen atoms in total. The highest BCUT2D eigenvalue weighted by Crippen LogP contribution is 2.15. The predicted molar refractivity (Wildman–Crippen MR) is 72.1 cm³/mol. The molecule has 0 aliphatic heterocycles. The molecule has 0 radical (unpaired) electrons. The van der Waals surface area contributed by atoms with Crippen molar-refractivity contribution in [2.75, 3.05) is 11.9 Å². The van der Waals surface area contributed by atoms with Gasteiger partial charge in [-0.15, -0.1) is 11.3 Å². The zero-order valence-electron chi connectivity index (χ0n) is 9.55. The van der Waals surface area contributed by atoms with Crippen LogP contribution in [0.2, 0.25) is 0 Å². The number of benzene rings is 1. The predicted octanol–water partition coefficient (Wildman–Crippen LogP) is 2.14. The normalized spacial score (nSPS) is 10.1. The summed E-state index contributed by atoms with van der Waals surface area (Å²) >= 11 is 1.37. The molecule has 0 saturated heterocycles. The Morgan fingerprint density at radius 2 is 2.06 bits per heavy atom. The van der Waals surface area contributed by atoms with Crippen LogP contribution < -0.4 is 11.1 Å². The molecule has 0 bridgehead atoms. The molecule has 18 heavy (non-hydrogen) atoms. The largest absolute Gasteiger partial charge is 0.324 e. The molecule has 0 aliphatic carbocycles. The molecule has 1 amide bonds. The van der Waals surface area contributed by atoms with Crippen molar-refractivity contribution in [1.29, 1.82) is 0 Å². The minimum Gasteiger partial charge on any atom is -0.324 e. The average Bonchev–Trinajstić information content (AvgIpc) is 2.92. The number of carbonyl (C=O) groups excluding carboxylic acids is 2. The van der Waals surface area contributed by atoms with Crippen molar-refractivity contribution in [2.45, 2.75) is 0 Å². The number of carbonyl (C=O) groups is 2. The zero-order valence-corrected chi connectivity index (χ0v) is 10.4. The van der Waals surface area contributed by atoms with E-state index in [2.05, 4.69) is 5.32 Å². The van der Waals surface area contributed by atoms with E-state index < -0.39 is 0 Å². The van der Waals surface area contributed by atoms with E-state index in [1.165, 1.54) is 11.3 Å². The fraction of sp³-hybridized carbons (Fsp3) is 0.0769. The highest BCUT2D eigenvalue weighted by Gasteiger charge is 2.08. The summed E-state index contributed by atoms with van der Waals surface area (Å²) in [6.45, 7) is -0.0394. The van der Waals surface area contributed by atoms with Crippen LogP contribution in [0.1, 0.15) is 20.0 Å². The fourth-order valence-electron chi connectivity index (χ4n) is 1.49. The molecule has 0 spiro atoms. The number of hydrogen-bond donors (Lipinski definition) is 2. The molecular formula is C13H12N2O2S. The van der Waals surface area contributed by atoms with Crippen molar-refractivity contribution >= 4 is 28.7 Å². The van der Waals surface area contributed by atoms with Crippen LogP contribution in [0.4, 0.5) is 5.69 Å². The van der Waals surface area contributed by atoms with Gasteiger partial charge in [-0.2, -0.15) is 0 Å². The first kappa shape index (κ1) is 12.5. The number of nitrogens with two attached hydrogens (primary N) is 1. The second-order valence-electron chi connectivity index (χ2n) is 3.64. The monoisotopic (exact) mass is 260 g/mol. The number of anilines is 1. The number of rotatable bonds is 4. The summed E-state index contributed by atoms with van der Waals surface area (Å²) in [6, 6.07) is 10.3. The van der Waals surface area contributed by atoms with Crippen molar-refractivity contribution in [3.63, 3.8) is 0 Å². The van der Waals surface area contributed by atoms with Crippen LogP contribution in [0, 0.1) is 0 Å². The molecule has 1 heterocycles. The molecule has 1 aromatic heterocycles. The minimum atomic E-state index is -0.178. The van der Waals surface area contributed by atoms with Crippen LogP contribution in [0.5, 0.6) is 0 Å². The molecule has 0 saturated carbocycles. The van der Waals surface area contributed by atoms with Crippen molar-refractivity contribution in [3.8, 4) is 0 Å². The van der Waals surface area contributed by atoms with Crippen molar-refractivity contribution in [1.82, 2.24) is 0 Å². The molecule has 3 N–H and O–H groups in total. The fourth-order valence-corrected chi connectivity index (χ4v) is 2.11. The Hall–Kier alpha value is -1.98. The second kappa shape index (κ2) is 5.57. The van der Waals surface area contributed by atoms with Crippen LogP contribution in [0.3, 0.4) is 0 Å². The van der Waals surface area contributed by atoms with Gasteiger partial charge in [-0.1, -0.05) is 18.2 Å². The maximum absolute atomic E-state index is 11.8. The Kier molecular flexibility index (Phi) is 3.86. The third-order valence-electron chi connectivity index (χ3n) is 2.37. The Morgan fingerprint density at radius 3 is 2.72 bits per heavy atom. The summed E-state index contributed by atoms with van der Waals surface area (Å²) in [5.41, 5.74) is 6.39. The molecule has 2 rings (SSSR count). The molecule has 5 heteroatoms. The highest BCUT2D eigenvalue weighted by molar-refractivity contribution is 7.12. The van der Waals surface area contributed by atoms with Crippen molar-refractivity contribution < 1.29 is 9.59 Å². The maximum atomic E-state index is 11.8. The summed E-state index contributed by atoms with van der Waals surface area (Å²) in [5, 5.41) is 4.58. The summed E-state index contributed by atoms with van der Waals surface area (Å²) in [5.74, 6) is -0.329.